The van der Waals surface area contributed by atoms with Crippen molar-refractivity contribution in [2.75, 3.05) is 13.1 Å². The summed E-state index contributed by atoms with van der Waals surface area (Å²) in [6, 6.07) is 2.97. The van der Waals surface area contributed by atoms with Crippen LogP contribution >= 0.6 is 0 Å². The third-order valence-electron chi connectivity index (χ3n) is 4.05. The topological polar surface area (TPSA) is 90.5 Å². The van der Waals surface area contributed by atoms with Gasteiger partial charge in [0, 0.05) is 30.4 Å². The van der Waals surface area contributed by atoms with Gasteiger partial charge >= 0.3 is 5.97 Å². The Bertz CT molecular complexity index is 650. The van der Waals surface area contributed by atoms with E-state index in [0.717, 1.165) is 5.69 Å². The Morgan fingerprint density at radius 1 is 1.41 bits per heavy atom. The zero-order chi connectivity index (χ0) is 16.5. The molecular formula is C16H22N2O4. The lowest BCUT2D eigenvalue weighted by molar-refractivity contribution is -0.147. The van der Waals surface area contributed by atoms with Crippen LogP contribution in [0, 0.1) is 11.3 Å². The van der Waals surface area contributed by atoms with Gasteiger partial charge in [-0.05, 0) is 31.7 Å². The van der Waals surface area contributed by atoms with Gasteiger partial charge in [-0.2, -0.15) is 0 Å². The van der Waals surface area contributed by atoms with E-state index in [-0.39, 0.29) is 18.0 Å². The number of carbonyl (C=O) groups excluding carboxylic acids is 1. The minimum Gasteiger partial charge on any atom is -0.481 e. The van der Waals surface area contributed by atoms with E-state index in [2.05, 4.69) is 4.98 Å². The highest BCUT2D eigenvalue weighted by Crippen LogP contribution is 2.30. The van der Waals surface area contributed by atoms with Crippen LogP contribution in [0.3, 0.4) is 0 Å². The number of aromatic amines is 1. The minimum atomic E-state index is -0.905. The molecular weight excluding hydrogens is 284 g/mol. The number of rotatable bonds is 4. The van der Waals surface area contributed by atoms with E-state index >= 15 is 0 Å². The van der Waals surface area contributed by atoms with Gasteiger partial charge in [0.25, 0.3) is 5.91 Å². The Morgan fingerprint density at radius 2 is 2.09 bits per heavy atom. The number of hydrogen-bond acceptors (Lipinski definition) is 3. The molecule has 0 aromatic carbocycles. The number of likely N-dealkylation sites (tertiary alicyclic amines) is 1. The highest BCUT2D eigenvalue weighted by molar-refractivity contribution is 5.95. The van der Waals surface area contributed by atoms with E-state index in [1.54, 1.807) is 13.0 Å². The Labute approximate surface area is 129 Å². The second kappa shape index (κ2) is 5.94. The molecule has 1 aliphatic rings. The average molecular weight is 306 g/mol. The highest BCUT2D eigenvalue weighted by atomic mass is 16.4. The predicted octanol–water partition coefficient (Wildman–Crippen LogP) is 1.51. The molecule has 2 rings (SSSR count). The summed E-state index contributed by atoms with van der Waals surface area (Å²) in [5.74, 6) is -0.807. The van der Waals surface area contributed by atoms with Crippen molar-refractivity contribution in [2.24, 2.45) is 11.3 Å². The summed E-state index contributed by atoms with van der Waals surface area (Å²) in [4.78, 5) is 39.8. The van der Waals surface area contributed by atoms with Gasteiger partial charge in [-0.15, -0.1) is 0 Å². The van der Waals surface area contributed by atoms with E-state index in [1.165, 1.54) is 11.0 Å². The van der Waals surface area contributed by atoms with E-state index < -0.39 is 11.4 Å². The molecule has 2 N–H and O–H groups in total. The fourth-order valence-electron chi connectivity index (χ4n) is 2.77. The summed E-state index contributed by atoms with van der Waals surface area (Å²) < 4.78 is 0. The van der Waals surface area contributed by atoms with E-state index in [4.69, 9.17) is 0 Å². The maximum atomic E-state index is 12.5. The summed E-state index contributed by atoms with van der Waals surface area (Å²) in [7, 11) is 0. The normalized spacial score (nSPS) is 21.4. The zero-order valence-corrected chi connectivity index (χ0v) is 13.2. The van der Waals surface area contributed by atoms with Gasteiger partial charge in [0.2, 0.25) is 5.56 Å². The first-order chi connectivity index (χ1) is 10.2. The van der Waals surface area contributed by atoms with Crippen molar-refractivity contribution in [3.63, 3.8) is 0 Å². The monoisotopic (exact) mass is 306 g/mol. The standard InChI is InChI=1S/C16H22N2O4/c1-10(2)6-12-7-11(8-13(19)17-12)14(20)18-5-4-16(3,9-18)15(21)22/h7-8,10H,4-6,9H2,1-3H3,(H,17,19)(H,21,22). The second-order valence-corrected chi connectivity index (χ2v) is 6.70. The molecule has 0 spiro atoms. The Hall–Kier alpha value is -2.11. The van der Waals surface area contributed by atoms with Crippen molar-refractivity contribution in [3.8, 4) is 0 Å². The molecule has 0 bridgehead atoms. The highest BCUT2D eigenvalue weighted by Gasteiger charge is 2.42. The number of H-pyrrole nitrogens is 1. The molecule has 1 aromatic rings. The first-order valence-electron chi connectivity index (χ1n) is 7.47. The summed E-state index contributed by atoms with van der Waals surface area (Å²) in [6.07, 6.45) is 1.11. The molecule has 22 heavy (non-hydrogen) atoms. The molecule has 6 nitrogen and oxygen atoms in total. The van der Waals surface area contributed by atoms with Crippen LogP contribution in [0.5, 0.6) is 0 Å². The van der Waals surface area contributed by atoms with Crippen LogP contribution in [-0.2, 0) is 11.2 Å². The average Bonchev–Trinajstić information content (AvgIpc) is 2.80. The molecule has 1 amide bonds. The largest absolute Gasteiger partial charge is 0.481 e. The molecule has 1 aliphatic heterocycles. The number of hydrogen-bond donors (Lipinski definition) is 2. The fourth-order valence-corrected chi connectivity index (χ4v) is 2.77. The van der Waals surface area contributed by atoms with Gasteiger partial charge in [0.15, 0.2) is 0 Å². The molecule has 1 saturated heterocycles. The lowest BCUT2D eigenvalue weighted by atomic mass is 9.90. The van der Waals surface area contributed by atoms with Crippen molar-refractivity contribution in [1.82, 2.24) is 9.88 Å². The number of nitrogens with zero attached hydrogens (tertiary/aromatic N) is 1. The molecule has 1 atom stereocenters. The lowest BCUT2D eigenvalue weighted by Gasteiger charge is -2.20. The van der Waals surface area contributed by atoms with Gasteiger partial charge < -0.3 is 15.0 Å². The first kappa shape index (κ1) is 16.3. The van der Waals surface area contributed by atoms with Crippen LogP contribution in [0.15, 0.2) is 16.9 Å². The molecule has 0 radical (unpaired) electrons. The van der Waals surface area contributed by atoms with Crippen molar-refractivity contribution >= 4 is 11.9 Å². The van der Waals surface area contributed by atoms with Gasteiger partial charge in [0.05, 0.1) is 5.41 Å². The maximum absolute atomic E-state index is 12.5. The second-order valence-electron chi connectivity index (χ2n) is 6.70. The number of pyridine rings is 1. The van der Waals surface area contributed by atoms with E-state index in [1.807, 2.05) is 13.8 Å². The lowest BCUT2D eigenvalue weighted by Crippen LogP contribution is -2.35. The van der Waals surface area contributed by atoms with E-state index in [9.17, 15) is 19.5 Å². The quantitative estimate of drug-likeness (QED) is 0.882. The molecule has 0 saturated carbocycles. The van der Waals surface area contributed by atoms with Gasteiger partial charge in [-0.3, -0.25) is 14.4 Å². The van der Waals surface area contributed by atoms with Crippen molar-refractivity contribution in [3.05, 3.63) is 33.7 Å². The maximum Gasteiger partial charge on any atom is 0.311 e. The number of aliphatic carboxylic acids is 1. The molecule has 1 aromatic heterocycles. The molecule has 1 fully saturated rings. The third kappa shape index (κ3) is 3.37. The van der Waals surface area contributed by atoms with Crippen LogP contribution in [0.25, 0.3) is 0 Å². The first-order valence-corrected chi connectivity index (χ1v) is 7.47. The van der Waals surface area contributed by atoms with E-state index in [0.29, 0.717) is 30.9 Å². The summed E-state index contributed by atoms with van der Waals surface area (Å²) in [5, 5.41) is 9.24. The van der Waals surface area contributed by atoms with Gasteiger partial charge in [0.1, 0.15) is 0 Å². The number of carbonyl (C=O) groups is 2. The van der Waals surface area contributed by atoms with Crippen molar-refractivity contribution in [2.45, 2.75) is 33.6 Å². The van der Waals surface area contributed by atoms with Gasteiger partial charge in [-0.25, -0.2) is 0 Å². The number of nitrogens with one attached hydrogen (secondary N) is 1. The Balaban J connectivity index is 2.22. The zero-order valence-electron chi connectivity index (χ0n) is 13.2. The molecule has 120 valence electrons. The molecule has 6 heteroatoms. The summed E-state index contributed by atoms with van der Waals surface area (Å²) in [5.41, 5.74) is -0.153. The summed E-state index contributed by atoms with van der Waals surface area (Å²) >= 11 is 0. The summed E-state index contributed by atoms with van der Waals surface area (Å²) in [6.45, 7) is 6.28. The number of amides is 1. The van der Waals surface area contributed by atoms with Crippen LogP contribution in [0.4, 0.5) is 0 Å². The van der Waals surface area contributed by atoms with Crippen molar-refractivity contribution < 1.29 is 14.7 Å². The number of aromatic nitrogens is 1. The molecule has 0 aliphatic carbocycles. The minimum absolute atomic E-state index is 0.174. The van der Waals surface area contributed by atoms with Crippen LogP contribution in [-0.4, -0.2) is 40.0 Å². The Morgan fingerprint density at radius 3 is 2.64 bits per heavy atom. The number of carboxylic acids is 1. The van der Waals surface area contributed by atoms with Crippen LogP contribution in [0.2, 0.25) is 0 Å². The van der Waals surface area contributed by atoms with Crippen molar-refractivity contribution in [1.29, 1.82) is 0 Å². The smallest absolute Gasteiger partial charge is 0.311 e. The van der Waals surface area contributed by atoms with Gasteiger partial charge in [-0.1, -0.05) is 13.8 Å². The molecule has 2 heterocycles. The predicted molar refractivity (Wildman–Crippen MR) is 81.9 cm³/mol. The van der Waals surface area contributed by atoms with Crippen LogP contribution in [0.1, 0.15) is 43.2 Å². The molecule has 1 unspecified atom stereocenters. The number of carboxylic acid groups (broad SMARTS) is 1. The Kier molecular flexibility index (Phi) is 4.39. The SMILES string of the molecule is CC(C)Cc1cc(C(=O)N2CCC(C)(C(=O)O)C2)cc(=O)[nH]1. The third-order valence-corrected chi connectivity index (χ3v) is 4.05. The van der Waals surface area contributed by atoms with Crippen LogP contribution < -0.4 is 5.56 Å². The fraction of sp³-hybridized carbons (Fsp3) is 0.562.